The number of fused-ring (bicyclic) bond motifs is 1. The van der Waals surface area contributed by atoms with Crippen LogP contribution in [0.5, 0.6) is 0 Å². The van der Waals surface area contributed by atoms with Gasteiger partial charge in [-0.05, 0) is 24.7 Å². The topological polar surface area (TPSA) is 55.0 Å². The first-order chi connectivity index (χ1) is 7.86. The van der Waals surface area contributed by atoms with Gasteiger partial charge in [0.2, 0.25) is 0 Å². The van der Waals surface area contributed by atoms with E-state index in [2.05, 4.69) is 14.9 Å². The summed E-state index contributed by atoms with van der Waals surface area (Å²) >= 11 is 0. The highest BCUT2D eigenvalue weighted by atomic mass is 15.2. The zero-order chi connectivity index (χ0) is 11.0. The number of nitrogens with zero attached hydrogens (tertiary/aromatic N) is 3. The molecular formula is C12H18N4. The Morgan fingerprint density at radius 2 is 2.00 bits per heavy atom. The smallest absolute Gasteiger partial charge is 0.147 e. The summed E-state index contributed by atoms with van der Waals surface area (Å²) in [6.45, 7) is 2.79. The van der Waals surface area contributed by atoms with Crippen LogP contribution in [-0.2, 0) is 6.54 Å². The molecule has 2 N–H and O–H groups in total. The summed E-state index contributed by atoms with van der Waals surface area (Å²) in [6.07, 6.45) is 7.81. The first kappa shape index (κ1) is 10.0. The van der Waals surface area contributed by atoms with Crippen LogP contribution in [0.4, 0.5) is 5.82 Å². The second-order valence-corrected chi connectivity index (χ2v) is 4.93. The molecule has 16 heavy (non-hydrogen) atoms. The summed E-state index contributed by atoms with van der Waals surface area (Å²) in [7, 11) is 0. The van der Waals surface area contributed by atoms with Gasteiger partial charge in [-0.3, -0.25) is 4.98 Å². The Kier molecular flexibility index (Phi) is 2.52. The molecule has 2 fully saturated rings. The van der Waals surface area contributed by atoms with Gasteiger partial charge < -0.3 is 10.6 Å². The lowest BCUT2D eigenvalue weighted by Gasteiger charge is -2.18. The molecule has 0 amide bonds. The number of hydrogen-bond acceptors (Lipinski definition) is 4. The summed E-state index contributed by atoms with van der Waals surface area (Å²) in [5.74, 6) is 2.80. The van der Waals surface area contributed by atoms with Gasteiger partial charge in [0.15, 0.2) is 0 Å². The van der Waals surface area contributed by atoms with Crippen LogP contribution in [-0.4, -0.2) is 23.1 Å². The molecule has 0 aromatic carbocycles. The number of rotatable bonds is 2. The Morgan fingerprint density at radius 3 is 2.69 bits per heavy atom. The van der Waals surface area contributed by atoms with Gasteiger partial charge in [-0.1, -0.05) is 6.42 Å². The van der Waals surface area contributed by atoms with Gasteiger partial charge in [-0.25, -0.2) is 4.98 Å². The molecule has 4 nitrogen and oxygen atoms in total. The maximum Gasteiger partial charge on any atom is 0.147 e. The lowest BCUT2D eigenvalue weighted by molar-refractivity contribution is 0.494. The molecule has 4 heteroatoms. The van der Waals surface area contributed by atoms with E-state index in [1.165, 1.54) is 19.3 Å². The quantitative estimate of drug-likeness (QED) is 0.809. The first-order valence-electron chi connectivity index (χ1n) is 6.13. The van der Waals surface area contributed by atoms with Crippen molar-refractivity contribution in [2.45, 2.75) is 25.8 Å². The van der Waals surface area contributed by atoms with Crippen LogP contribution in [0.3, 0.4) is 0 Å². The van der Waals surface area contributed by atoms with Gasteiger partial charge in [-0.2, -0.15) is 0 Å². The third kappa shape index (κ3) is 1.67. The SMILES string of the molecule is NCc1cncc(N2CC3CCCC3C2)n1. The van der Waals surface area contributed by atoms with E-state index in [-0.39, 0.29) is 0 Å². The van der Waals surface area contributed by atoms with Crippen molar-refractivity contribution in [1.82, 2.24) is 9.97 Å². The van der Waals surface area contributed by atoms with Crippen molar-refractivity contribution in [3.8, 4) is 0 Å². The fraction of sp³-hybridized carbons (Fsp3) is 0.667. The molecule has 0 bridgehead atoms. The number of hydrogen-bond donors (Lipinski definition) is 1. The highest BCUT2D eigenvalue weighted by molar-refractivity contribution is 5.38. The van der Waals surface area contributed by atoms with Gasteiger partial charge in [-0.15, -0.1) is 0 Å². The number of anilines is 1. The fourth-order valence-electron chi connectivity index (χ4n) is 3.07. The third-order valence-corrected chi connectivity index (χ3v) is 3.93. The van der Waals surface area contributed by atoms with Gasteiger partial charge >= 0.3 is 0 Å². The van der Waals surface area contributed by atoms with Gasteiger partial charge in [0.1, 0.15) is 5.82 Å². The monoisotopic (exact) mass is 218 g/mol. The normalized spacial score (nSPS) is 28.4. The van der Waals surface area contributed by atoms with Crippen LogP contribution in [0.1, 0.15) is 25.0 Å². The van der Waals surface area contributed by atoms with Crippen LogP contribution in [0.15, 0.2) is 12.4 Å². The van der Waals surface area contributed by atoms with Crippen molar-refractivity contribution < 1.29 is 0 Å². The Morgan fingerprint density at radius 1 is 1.25 bits per heavy atom. The van der Waals surface area contributed by atoms with E-state index < -0.39 is 0 Å². The molecule has 3 rings (SSSR count). The highest BCUT2D eigenvalue weighted by Crippen LogP contribution is 2.38. The van der Waals surface area contributed by atoms with Crippen molar-refractivity contribution in [2.75, 3.05) is 18.0 Å². The largest absolute Gasteiger partial charge is 0.355 e. The van der Waals surface area contributed by atoms with Crippen molar-refractivity contribution >= 4 is 5.82 Å². The molecule has 2 unspecified atom stereocenters. The Labute approximate surface area is 95.9 Å². The summed E-state index contributed by atoms with van der Waals surface area (Å²) in [5.41, 5.74) is 6.47. The molecule has 1 aliphatic carbocycles. The molecule has 1 aliphatic heterocycles. The first-order valence-corrected chi connectivity index (χ1v) is 6.13. The van der Waals surface area contributed by atoms with E-state index in [9.17, 15) is 0 Å². The fourth-order valence-corrected chi connectivity index (χ4v) is 3.07. The van der Waals surface area contributed by atoms with E-state index in [0.717, 1.165) is 36.4 Å². The average molecular weight is 218 g/mol. The second kappa shape index (κ2) is 4.01. The van der Waals surface area contributed by atoms with E-state index in [4.69, 9.17) is 5.73 Å². The Hall–Kier alpha value is -1.16. The van der Waals surface area contributed by atoms with Crippen LogP contribution in [0, 0.1) is 11.8 Å². The van der Waals surface area contributed by atoms with Crippen molar-refractivity contribution in [1.29, 1.82) is 0 Å². The standard InChI is InChI=1S/C12H18N4/c13-4-11-5-14-6-12(15-11)16-7-9-2-1-3-10(9)8-16/h5-6,9-10H,1-4,7-8,13H2. The Bertz CT molecular complexity index is 367. The Balaban J connectivity index is 1.78. The predicted octanol–water partition coefficient (Wildman–Crippen LogP) is 1.17. The van der Waals surface area contributed by atoms with Crippen LogP contribution >= 0.6 is 0 Å². The van der Waals surface area contributed by atoms with E-state index in [1.807, 2.05) is 6.20 Å². The molecule has 86 valence electrons. The minimum atomic E-state index is 0.474. The third-order valence-electron chi connectivity index (χ3n) is 3.93. The molecule has 0 radical (unpaired) electrons. The molecule has 1 saturated carbocycles. The van der Waals surface area contributed by atoms with Crippen molar-refractivity contribution in [3.63, 3.8) is 0 Å². The minimum absolute atomic E-state index is 0.474. The van der Waals surface area contributed by atoms with Gasteiger partial charge in [0, 0.05) is 25.8 Å². The minimum Gasteiger partial charge on any atom is -0.355 e. The maximum atomic E-state index is 5.59. The van der Waals surface area contributed by atoms with Gasteiger partial charge in [0.05, 0.1) is 11.9 Å². The van der Waals surface area contributed by atoms with Crippen LogP contribution in [0.25, 0.3) is 0 Å². The zero-order valence-electron chi connectivity index (χ0n) is 9.47. The lowest BCUT2D eigenvalue weighted by Crippen LogP contribution is -2.22. The van der Waals surface area contributed by atoms with Crippen molar-refractivity contribution in [3.05, 3.63) is 18.1 Å². The lowest BCUT2D eigenvalue weighted by atomic mass is 10.0. The molecule has 2 aliphatic rings. The predicted molar refractivity (Wildman–Crippen MR) is 63.0 cm³/mol. The number of aromatic nitrogens is 2. The molecule has 0 spiro atoms. The molecule has 2 heterocycles. The second-order valence-electron chi connectivity index (χ2n) is 4.93. The molecule has 1 saturated heterocycles. The van der Waals surface area contributed by atoms with Crippen LogP contribution < -0.4 is 10.6 Å². The summed E-state index contributed by atoms with van der Waals surface area (Å²) in [5, 5.41) is 0. The molecule has 1 aromatic heterocycles. The molecule has 1 aromatic rings. The van der Waals surface area contributed by atoms with E-state index in [1.54, 1.807) is 6.20 Å². The number of nitrogens with two attached hydrogens (primary N) is 1. The molecular weight excluding hydrogens is 200 g/mol. The molecule has 2 atom stereocenters. The summed E-state index contributed by atoms with van der Waals surface area (Å²) in [4.78, 5) is 11.1. The summed E-state index contributed by atoms with van der Waals surface area (Å²) < 4.78 is 0. The van der Waals surface area contributed by atoms with Crippen molar-refractivity contribution in [2.24, 2.45) is 17.6 Å². The average Bonchev–Trinajstić information content (AvgIpc) is 2.89. The van der Waals surface area contributed by atoms with E-state index in [0.29, 0.717) is 6.54 Å². The summed E-state index contributed by atoms with van der Waals surface area (Å²) in [6, 6.07) is 0. The zero-order valence-corrected chi connectivity index (χ0v) is 9.47. The van der Waals surface area contributed by atoms with Crippen LogP contribution in [0.2, 0.25) is 0 Å². The highest BCUT2D eigenvalue weighted by Gasteiger charge is 2.36. The van der Waals surface area contributed by atoms with E-state index >= 15 is 0 Å². The van der Waals surface area contributed by atoms with Gasteiger partial charge in [0.25, 0.3) is 0 Å². The maximum absolute atomic E-state index is 5.59.